The quantitative estimate of drug-likeness (QED) is 0.788. The number of nitrogens with zero attached hydrogens (tertiary/aromatic N) is 3. The molecule has 4 heteroatoms. The van der Waals surface area contributed by atoms with Gasteiger partial charge in [-0.1, -0.05) is 18.2 Å². The van der Waals surface area contributed by atoms with Crippen molar-refractivity contribution in [2.24, 2.45) is 0 Å². The summed E-state index contributed by atoms with van der Waals surface area (Å²) in [5.74, 6) is 0. The van der Waals surface area contributed by atoms with Crippen molar-refractivity contribution < 1.29 is 0 Å². The molecule has 0 aliphatic rings. The zero-order chi connectivity index (χ0) is 13.9. The Hall–Kier alpha value is -2.36. The normalized spacial score (nSPS) is 12.5. The van der Waals surface area contributed by atoms with Gasteiger partial charge in [0, 0.05) is 41.7 Å². The summed E-state index contributed by atoms with van der Waals surface area (Å²) in [5, 5.41) is 4.74. The van der Waals surface area contributed by atoms with E-state index >= 15 is 0 Å². The molecule has 1 unspecified atom stereocenters. The van der Waals surface area contributed by atoms with Crippen LogP contribution < -0.4 is 5.32 Å². The van der Waals surface area contributed by atoms with Gasteiger partial charge in [0.25, 0.3) is 0 Å². The molecular weight excluding hydrogens is 248 g/mol. The van der Waals surface area contributed by atoms with Crippen molar-refractivity contribution in [3.05, 3.63) is 54.7 Å². The van der Waals surface area contributed by atoms with Gasteiger partial charge in [-0.3, -0.25) is 4.98 Å². The molecule has 0 radical (unpaired) electrons. The average molecular weight is 266 g/mol. The number of hydrogen-bond acceptors (Lipinski definition) is 3. The van der Waals surface area contributed by atoms with Crippen molar-refractivity contribution in [1.82, 2.24) is 14.5 Å². The number of imidazole rings is 1. The van der Waals surface area contributed by atoms with Crippen LogP contribution in [-0.4, -0.2) is 20.6 Å². The number of para-hydroxylation sites is 1. The van der Waals surface area contributed by atoms with E-state index < -0.39 is 0 Å². The zero-order valence-electron chi connectivity index (χ0n) is 11.7. The SMILES string of the molecule is Cc1cc(NC(C)Cn2ccnc2)c2ccccc2n1. The highest BCUT2D eigenvalue weighted by Gasteiger charge is 2.07. The van der Waals surface area contributed by atoms with Gasteiger partial charge in [-0.05, 0) is 26.0 Å². The summed E-state index contributed by atoms with van der Waals surface area (Å²) < 4.78 is 2.08. The molecule has 102 valence electrons. The number of rotatable bonds is 4. The molecule has 20 heavy (non-hydrogen) atoms. The van der Waals surface area contributed by atoms with Crippen LogP contribution in [0.4, 0.5) is 5.69 Å². The van der Waals surface area contributed by atoms with Gasteiger partial charge in [0.05, 0.1) is 11.8 Å². The van der Waals surface area contributed by atoms with Crippen LogP contribution >= 0.6 is 0 Å². The summed E-state index contributed by atoms with van der Waals surface area (Å²) in [7, 11) is 0. The first-order valence-corrected chi connectivity index (χ1v) is 6.81. The van der Waals surface area contributed by atoms with Crippen molar-refractivity contribution in [3.63, 3.8) is 0 Å². The fourth-order valence-corrected chi connectivity index (χ4v) is 2.45. The molecule has 4 nitrogen and oxygen atoms in total. The molecule has 1 aromatic carbocycles. The Morgan fingerprint density at radius 3 is 2.95 bits per heavy atom. The molecule has 0 saturated carbocycles. The van der Waals surface area contributed by atoms with Crippen LogP contribution in [0.25, 0.3) is 10.9 Å². The second-order valence-electron chi connectivity index (χ2n) is 5.13. The first-order valence-electron chi connectivity index (χ1n) is 6.81. The number of fused-ring (bicyclic) bond motifs is 1. The van der Waals surface area contributed by atoms with Crippen LogP contribution in [0.15, 0.2) is 49.1 Å². The van der Waals surface area contributed by atoms with E-state index in [-0.39, 0.29) is 0 Å². The number of hydrogen-bond donors (Lipinski definition) is 1. The van der Waals surface area contributed by atoms with E-state index in [1.807, 2.05) is 37.6 Å². The Balaban J connectivity index is 1.86. The summed E-state index contributed by atoms with van der Waals surface area (Å²) >= 11 is 0. The summed E-state index contributed by atoms with van der Waals surface area (Å²) in [6.07, 6.45) is 5.63. The van der Waals surface area contributed by atoms with Crippen molar-refractivity contribution in [2.75, 3.05) is 5.32 Å². The molecule has 0 bridgehead atoms. The lowest BCUT2D eigenvalue weighted by molar-refractivity contribution is 0.619. The summed E-state index contributed by atoms with van der Waals surface area (Å²) in [4.78, 5) is 8.64. The van der Waals surface area contributed by atoms with Gasteiger partial charge in [-0.2, -0.15) is 0 Å². The number of anilines is 1. The number of aromatic nitrogens is 3. The minimum absolute atomic E-state index is 0.314. The first-order chi connectivity index (χ1) is 9.72. The molecular formula is C16H18N4. The van der Waals surface area contributed by atoms with Crippen molar-refractivity contribution in [1.29, 1.82) is 0 Å². The predicted octanol–water partition coefficient (Wildman–Crippen LogP) is 3.24. The van der Waals surface area contributed by atoms with E-state index in [1.165, 1.54) is 0 Å². The molecule has 0 aliphatic heterocycles. The van der Waals surface area contributed by atoms with Gasteiger partial charge in [0.1, 0.15) is 0 Å². The molecule has 0 saturated heterocycles. The van der Waals surface area contributed by atoms with Crippen LogP contribution in [0.1, 0.15) is 12.6 Å². The second-order valence-corrected chi connectivity index (χ2v) is 5.13. The fourth-order valence-electron chi connectivity index (χ4n) is 2.45. The van der Waals surface area contributed by atoms with Gasteiger partial charge in [-0.15, -0.1) is 0 Å². The number of aryl methyl sites for hydroxylation is 1. The predicted molar refractivity (Wildman–Crippen MR) is 81.8 cm³/mol. The third-order valence-electron chi connectivity index (χ3n) is 3.29. The molecule has 3 aromatic rings. The van der Waals surface area contributed by atoms with Crippen molar-refractivity contribution >= 4 is 16.6 Å². The first kappa shape index (κ1) is 12.7. The van der Waals surface area contributed by atoms with Crippen LogP contribution in [0.5, 0.6) is 0 Å². The van der Waals surface area contributed by atoms with Gasteiger partial charge < -0.3 is 9.88 Å². The lowest BCUT2D eigenvalue weighted by Gasteiger charge is -2.17. The molecule has 1 N–H and O–H groups in total. The largest absolute Gasteiger partial charge is 0.380 e. The van der Waals surface area contributed by atoms with E-state index in [2.05, 4.69) is 38.9 Å². The minimum atomic E-state index is 0.314. The van der Waals surface area contributed by atoms with Crippen LogP contribution in [-0.2, 0) is 6.54 Å². The molecule has 0 amide bonds. The van der Waals surface area contributed by atoms with E-state index in [0.717, 1.165) is 28.8 Å². The highest BCUT2D eigenvalue weighted by molar-refractivity contribution is 5.91. The van der Waals surface area contributed by atoms with Gasteiger partial charge >= 0.3 is 0 Å². The Bertz CT molecular complexity index is 704. The third-order valence-corrected chi connectivity index (χ3v) is 3.29. The van der Waals surface area contributed by atoms with Crippen LogP contribution in [0.2, 0.25) is 0 Å². The van der Waals surface area contributed by atoms with E-state index in [4.69, 9.17) is 0 Å². The Kier molecular flexibility index (Phi) is 3.37. The molecule has 0 aliphatic carbocycles. The van der Waals surface area contributed by atoms with Crippen molar-refractivity contribution in [3.8, 4) is 0 Å². The maximum absolute atomic E-state index is 4.56. The fraction of sp³-hybridized carbons (Fsp3) is 0.250. The Morgan fingerprint density at radius 2 is 2.15 bits per heavy atom. The average Bonchev–Trinajstić information content (AvgIpc) is 2.91. The zero-order valence-corrected chi connectivity index (χ0v) is 11.7. The molecule has 2 aromatic heterocycles. The summed E-state index contributed by atoms with van der Waals surface area (Å²) in [6.45, 7) is 5.08. The summed E-state index contributed by atoms with van der Waals surface area (Å²) in [5.41, 5.74) is 3.20. The minimum Gasteiger partial charge on any atom is -0.380 e. The van der Waals surface area contributed by atoms with E-state index in [0.29, 0.717) is 6.04 Å². The molecule has 2 heterocycles. The number of nitrogens with one attached hydrogen (secondary N) is 1. The lowest BCUT2D eigenvalue weighted by Crippen LogP contribution is -2.21. The molecule has 0 spiro atoms. The topological polar surface area (TPSA) is 42.7 Å². The summed E-state index contributed by atoms with van der Waals surface area (Å²) in [6, 6.07) is 10.6. The maximum atomic E-state index is 4.56. The van der Waals surface area contributed by atoms with E-state index in [9.17, 15) is 0 Å². The van der Waals surface area contributed by atoms with Crippen molar-refractivity contribution in [2.45, 2.75) is 26.4 Å². The second kappa shape index (κ2) is 5.33. The molecule has 1 atom stereocenters. The maximum Gasteiger partial charge on any atom is 0.0946 e. The number of pyridine rings is 1. The van der Waals surface area contributed by atoms with E-state index in [1.54, 1.807) is 6.20 Å². The van der Waals surface area contributed by atoms with Gasteiger partial charge in [0.2, 0.25) is 0 Å². The highest BCUT2D eigenvalue weighted by Crippen LogP contribution is 2.23. The molecule has 0 fully saturated rings. The lowest BCUT2D eigenvalue weighted by atomic mass is 10.1. The monoisotopic (exact) mass is 266 g/mol. The Labute approximate surface area is 118 Å². The van der Waals surface area contributed by atoms with Gasteiger partial charge in [-0.25, -0.2) is 4.98 Å². The molecule has 3 rings (SSSR count). The Morgan fingerprint density at radius 1 is 1.30 bits per heavy atom. The third kappa shape index (κ3) is 2.64. The van der Waals surface area contributed by atoms with Crippen LogP contribution in [0.3, 0.4) is 0 Å². The highest BCUT2D eigenvalue weighted by atomic mass is 15.1. The number of benzene rings is 1. The van der Waals surface area contributed by atoms with Gasteiger partial charge in [0.15, 0.2) is 0 Å². The standard InChI is InChI=1S/C16H18N4/c1-12-9-16(14-5-3-4-6-15(14)18-12)19-13(2)10-20-8-7-17-11-20/h3-9,11,13H,10H2,1-2H3,(H,18,19). The van der Waals surface area contributed by atoms with Crippen LogP contribution in [0, 0.1) is 6.92 Å². The smallest absolute Gasteiger partial charge is 0.0946 e.